The van der Waals surface area contributed by atoms with E-state index in [1.54, 1.807) is 0 Å². The van der Waals surface area contributed by atoms with Crippen molar-refractivity contribution in [1.82, 2.24) is 0 Å². The van der Waals surface area contributed by atoms with Crippen molar-refractivity contribution in [3.05, 3.63) is 47.5 Å². The summed E-state index contributed by atoms with van der Waals surface area (Å²) < 4.78 is 5.06. The molecule has 0 bridgehead atoms. The first kappa shape index (κ1) is 12.5. The highest BCUT2D eigenvalue weighted by Crippen LogP contribution is 2.02. The Kier molecular flexibility index (Phi) is 5.34. The maximum Gasteiger partial charge on any atom is 0.330 e. The number of carbonyl (C=O) groups excluding carboxylic acids is 1. The second kappa shape index (κ2) is 6.83. The third-order valence-corrected chi connectivity index (χ3v) is 2.10. The SMILES string of the molecule is CC(C)=CC(=O)OCCCc1ccccc1. The third-order valence-electron chi connectivity index (χ3n) is 2.10. The van der Waals surface area contributed by atoms with Gasteiger partial charge in [0.1, 0.15) is 0 Å². The van der Waals surface area contributed by atoms with Crippen molar-refractivity contribution in [3.8, 4) is 0 Å². The van der Waals surface area contributed by atoms with Crippen LogP contribution in [0.15, 0.2) is 42.0 Å². The van der Waals surface area contributed by atoms with Gasteiger partial charge >= 0.3 is 5.97 Å². The van der Waals surface area contributed by atoms with Crippen LogP contribution in [0.2, 0.25) is 0 Å². The second-order valence-electron chi connectivity index (χ2n) is 3.98. The first-order chi connectivity index (χ1) is 7.68. The molecule has 0 atom stereocenters. The molecule has 0 amide bonds. The minimum absolute atomic E-state index is 0.243. The Morgan fingerprint density at radius 1 is 1.25 bits per heavy atom. The van der Waals surface area contributed by atoms with Gasteiger partial charge in [-0.15, -0.1) is 0 Å². The molecule has 0 aliphatic heterocycles. The molecule has 0 fully saturated rings. The maximum absolute atomic E-state index is 11.2. The fourth-order valence-corrected chi connectivity index (χ4v) is 1.37. The fourth-order valence-electron chi connectivity index (χ4n) is 1.37. The average molecular weight is 218 g/mol. The monoisotopic (exact) mass is 218 g/mol. The molecule has 0 aromatic heterocycles. The summed E-state index contributed by atoms with van der Waals surface area (Å²) in [5.74, 6) is -0.243. The lowest BCUT2D eigenvalue weighted by Gasteiger charge is -2.02. The van der Waals surface area contributed by atoms with E-state index >= 15 is 0 Å². The summed E-state index contributed by atoms with van der Waals surface area (Å²) in [6, 6.07) is 10.2. The van der Waals surface area contributed by atoms with Crippen LogP contribution in [-0.4, -0.2) is 12.6 Å². The Labute approximate surface area is 96.9 Å². The number of hydrogen-bond donors (Lipinski definition) is 0. The summed E-state index contributed by atoms with van der Waals surface area (Å²) in [5.41, 5.74) is 2.24. The van der Waals surface area contributed by atoms with Crippen molar-refractivity contribution < 1.29 is 9.53 Å². The third kappa shape index (κ3) is 5.35. The molecule has 0 unspecified atom stereocenters. The molecule has 0 N–H and O–H groups in total. The van der Waals surface area contributed by atoms with Crippen LogP contribution in [-0.2, 0) is 16.0 Å². The Balaban J connectivity index is 2.18. The highest BCUT2D eigenvalue weighted by Gasteiger charge is 1.97. The Bertz CT molecular complexity index is 348. The Hall–Kier alpha value is -1.57. The number of aryl methyl sites for hydroxylation is 1. The van der Waals surface area contributed by atoms with Crippen molar-refractivity contribution in [3.63, 3.8) is 0 Å². The number of ether oxygens (including phenoxy) is 1. The molecule has 1 aromatic rings. The van der Waals surface area contributed by atoms with E-state index in [0.29, 0.717) is 6.61 Å². The standard InChI is InChI=1S/C14H18O2/c1-12(2)11-14(15)16-10-6-9-13-7-4-3-5-8-13/h3-5,7-8,11H,6,9-10H2,1-2H3. The smallest absolute Gasteiger partial charge is 0.330 e. The molecule has 2 nitrogen and oxygen atoms in total. The van der Waals surface area contributed by atoms with Gasteiger partial charge in [-0.2, -0.15) is 0 Å². The average Bonchev–Trinajstić information content (AvgIpc) is 2.25. The minimum atomic E-state index is -0.243. The first-order valence-electron chi connectivity index (χ1n) is 5.54. The summed E-state index contributed by atoms with van der Waals surface area (Å²) in [5, 5.41) is 0. The van der Waals surface area contributed by atoms with Gasteiger partial charge in [-0.05, 0) is 32.3 Å². The topological polar surface area (TPSA) is 26.3 Å². The predicted octanol–water partition coefficient (Wildman–Crippen LogP) is 3.13. The van der Waals surface area contributed by atoms with E-state index in [-0.39, 0.29) is 5.97 Å². The Morgan fingerprint density at radius 2 is 1.94 bits per heavy atom. The molecule has 0 aliphatic carbocycles. The molecule has 0 spiro atoms. The highest BCUT2D eigenvalue weighted by atomic mass is 16.5. The summed E-state index contributed by atoms with van der Waals surface area (Å²) in [6.07, 6.45) is 3.33. The molecule has 1 rings (SSSR count). The molecular formula is C14H18O2. The van der Waals surface area contributed by atoms with E-state index in [1.807, 2.05) is 32.0 Å². The van der Waals surface area contributed by atoms with Crippen LogP contribution in [0.5, 0.6) is 0 Å². The van der Waals surface area contributed by atoms with Crippen molar-refractivity contribution in [2.24, 2.45) is 0 Å². The van der Waals surface area contributed by atoms with Gasteiger partial charge < -0.3 is 4.74 Å². The molecule has 0 saturated carbocycles. The van der Waals surface area contributed by atoms with Gasteiger partial charge in [0.2, 0.25) is 0 Å². The van der Waals surface area contributed by atoms with Crippen LogP contribution in [0.3, 0.4) is 0 Å². The van der Waals surface area contributed by atoms with Crippen LogP contribution in [0.25, 0.3) is 0 Å². The number of esters is 1. The van der Waals surface area contributed by atoms with Gasteiger partial charge in [-0.3, -0.25) is 0 Å². The van der Waals surface area contributed by atoms with Crippen molar-refractivity contribution in [1.29, 1.82) is 0 Å². The zero-order valence-electron chi connectivity index (χ0n) is 9.90. The lowest BCUT2D eigenvalue weighted by Crippen LogP contribution is -2.03. The second-order valence-corrected chi connectivity index (χ2v) is 3.98. The molecule has 86 valence electrons. The highest BCUT2D eigenvalue weighted by molar-refractivity contribution is 5.82. The van der Waals surface area contributed by atoms with Crippen LogP contribution >= 0.6 is 0 Å². The van der Waals surface area contributed by atoms with E-state index < -0.39 is 0 Å². The van der Waals surface area contributed by atoms with Crippen molar-refractivity contribution >= 4 is 5.97 Å². The van der Waals surface area contributed by atoms with Crippen molar-refractivity contribution in [2.45, 2.75) is 26.7 Å². The number of rotatable bonds is 5. The molecule has 0 saturated heterocycles. The normalized spacial score (nSPS) is 9.62. The largest absolute Gasteiger partial charge is 0.463 e. The molecule has 16 heavy (non-hydrogen) atoms. The van der Waals surface area contributed by atoms with Gasteiger partial charge in [-0.1, -0.05) is 35.9 Å². The minimum Gasteiger partial charge on any atom is -0.463 e. The summed E-state index contributed by atoms with van der Waals surface area (Å²) in [6.45, 7) is 4.24. The van der Waals surface area contributed by atoms with Crippen LogP contribution in [0.4, 0.5) is 0 Å². The molecule has 0 heterocycles. The van der Waals surface area contributed by atoms with Gasteiger partial charge in [0.05, 0.1) is 6.61 Å². The summed E-state index contributed by atoms with van der Waals surface area (Å²) >= 11 is 0. The van der Waals surface area contributed by atoms with Gasteiger partial charge in [0.25, 0.3) is 0 Å². The number of benzene rings is 1. The maximum atomic E-state index is 11.2. The zero-order chi connectivity index (χ0) is 11.8. The number of allylic oxidation sites excluding steroid dienone is 1. The lowest BCUT2D eigenvalue weighted by atomic mass is 10.1. The van der Waals surface area contributed by atoms with Gasteiger partial charge in [0.15, 0.2) is 0 Å². The first-order valence-corrected chi connectivity index (χ1v) is 5.54. The molecule has 0 radical (unpaired) electrons. The lowest BCUT2D eigenvalue weighted by molar-refractivity contribution is -0.137. The summed E-state index contributed by atoms with van der Waals surface area (Å²) in [4.78, 5) is 11.2. The number of carbonyl (C=O) groups is 1. The van der Waals surface area contributed by atoms with E-state index in [9.17, 15) is 4.79 Å². The molecule has 0 aliphatic rings. The zero-order valence-corrected chi connectivity index (χ0v) is 9.90. The molecule has 2 heteroatoms. The molecule has 1 aromatic carbocycles. The quantitative estimate of drug-likeness (QED) is 0.431. The summed E-state index contributed by atoms with van der Waals surface area (Å²) in [7, 11) is 0. The van der Waals surface area contributed by atoms with Crippen LogP contribution < -0.4 is 0 Å². The van der Waals surface area contributed by atoms with E-state index in [2.05, 4.69) is 12.1 Å². The molecular weight excluding hydrogens is 200 g/mol. The van der Waals surface area contributed by atoms with Gasteiger partial charge in [-0.25, -0.2) is 4.79 Å². The Morgan fingerprint density at radius 3 is 2.56 bits per heavy atom. The van der Waals surface area contributed by atoms with Gasteiger partial charge in [0, 0.05) is 6.08 Å². The van der Waals surface area contributed by atoms with E-state index in [4.69, 9.17) is 4.74 Å². The van der Waals surface area contributed by atoms with Crippen LogP contribution in [0.1, 0.15) is 25.8 Å². The predicted molar refractivity (Wildman–Crippen MR) is 65.2 cm³/mol. The number of hydrogen-bond acceptors (Lipinski definition) is 2. The van der Waals surface area contributed by atoms with Crippen LogP contribution in [0, 0.1) is 0 Å². The van der Waals surface area contributed by atoms with E-state index in [1.165, 1.54) is 11.6 Å². The fraction of sp³-hybridized carbons (Fsp3) is 0.357. The van der Waals surface area contributed by atoms with E-state index in [0.717, 1.165) is 18.4 Å². The van der Waals surface area contributed by atoms with Crippen molar-refractivity contribution in [2.75, 3.05) is 6.61 Å².